The van der Waals surface area contributed by atoms with Crippen LogP contribution in [0.2, 0.25) is 5.02 Å². The molecular formula is C19H25ClN4O. The Morgan fingerprint density at radius 3 is 2.88 bits per heavy atom. The van der Waals surface area contributed by atoms with E-state index in [1.54, 1.807) is 4.68 Å². The summed E-state index contributed by atoms with van der Waals surface area (Å²) in [5.74, 6) is 0.293. The number of hydrogen-bond donors (Lipinski definition) is 1. The fraction of sp³-hybridized carbons (Fsp3) is 0.474. The van der Waals surface area contributed by atoms with Crippen molar-refractivity contribution >= 4 is 17.5 Å². The Kier molecular flexibility index (Phi) is 5.45. The maximum atomic E-state index is 13.3. The second kappa shape index (κ2) is 7.58. The summed E-state index contributed by atoms with van der Waals surface area (Å²) in [5, 5.41) is 8.33. The van der Waals surface area contributed by atoms with Gasteiger partial charge in [-0.1, -0.05) is 23.7 Å². The Morgan fingerprint density at radius 1 is 1.44 bits per heavy atom. The molecule has 2 aromatic rings. The van der Waals surface area contributed by atoms with E-state index in [4.69, 9.17) is 11.6 Å². The molecule has 0 radical (unpaired) electrons. The van der Waals surface area contributed by atoms with Gasteiger partial charge in [0.05, 0.1) is 12.1 Å². The first kappa shape index (κ1) is 18.0. The molecule has 134 valence electrons. The Hall–Kier alpha value is -1.85. The monoisotopic (exact) mass is 360 g/mol. The molecule has 6 heteroatoms. The van der Waals surface area contributed by atoms with E-state index in [9.17, 15) is 4.79 Å². The first-order valence-electron chi connectivity index (χ1n) is 8.70. The van der Waals surface area contributed by atoms with Gasteiger partial charge in [0.2, 0.25) is 5.91 Å². The molecule has 0 spiro atoms. The van der Waals surface area contributed by atoms with Crippen LogP contribution in [0.5, 0.6) is 0 Å². The molecule has 1 N–H and O–H groups in total. The van der Waals surface area contributed by atoms with Crippen LogP contribution in [-0.4, -0.2) is 39.7 Å². The lowest BCUT2D eigenvalue weighted by Gasteiger charge is -2.31. The fourth-order valence-corrected chi connectivity index (χ4v) is 3.69. The summed E-state index contributed by atoms with van der Waals surface area (Å²) in [6.07, 6.45) is 3.88. The molecule has 1 aromatic carbocycles. The minimum absolute atomic E-state index is 0.0641. The molecule has 2 heterocycles. The highest BCUT2D eigenvalue weighted by Gasteiger charge is 2.37. The topological polar surface area (TPSA) is 50.2 Å². The van der Waals surface area contributed by atoms with E-state index in [0.717, 1.165) is 17.7 Å². The average molecular weight is 361 g/mol. The van der Waals surface area contributed by atoms with Crippen LogP contribution in [0.15, 0.2) is 36.7 Å². The Balaban J connectivity index is 1.80. The maximum absolute atomic E-state index is 13.3. The quantitative estimate of drug-likeness (QED) is 0.892. The molecule has 0 unspecified atom stereocenters. The molecule has 1 amide bonds. The number of amides is 1. The Labute approximate surface area is 154 Å². The molecule has 1 fully saturated rings. The third-order valence-corrected chi connectivity index (χ3v) is 5.07. The predicted molar refractivity (Wildman–Crippen MR) is 99.4 cm³/mol. The zero-order chi connectivity index (χ0) is 18.0. The van der Waals surface area contributed by atoms with Crippen LogP contribution in [0.3, 0.4) is 0 Å². The van der Waals surface area contributed by atoms with Crippen molar-refractivity contribution < 1.29 is 4.79 Å². The zero-order valence-electron chi connectivity index (χ0n) is 14.9. The fourth-order valence-electron chi connectivity index (χ4n) is 3.48. The maximum Gasteiger partial charge on any atom is 0.228 e. The van der Waals surface area contributed by atoms with Crippen LogP contribution in [-0.2, 0) is 18.4 Å². The van der Waals surface area contributed by atoms with Crippen molar-refractivity contribution in [3.63, 3.8) is 0 Å². The largest absolute Gasteiger partial charge is 0.336 e. The van der Waals surface area contributed by atoms with Crippen molar-refractivity contribution in [2.45, 2.75) is 32.4 Å². The van der Waals surface area contributed by atoms with Crippen LogP contribution in [0.4, 0.5) is 0 Å². The number of aromatic nitrogens is 2. The van der Waals surface area contributed by atoms with Crippen LogP contribution in [0.1, 0.15) is 30.9 Å². The molecule has 1 aromatic heterocycles. The first-order chi connectivity index (χ1) is 12.0. The number of nitrogens with one attached hydrogen (secondary N) is 1. The number of carbonyl (C=O) groups is 1. The third kappa shape index (κ3) is 4.05. The van der Waals surface area contributed by atoms with E-state index in [1.807, 2.05) is 48.6 Å². The van der Waals surface area contributed by atoms with Gasteiger partial charge in [0.25, 0.3) is 0 Å². The van der Waals surface area contributed by atoms with Crippen LogP contribution >= 0.6 is 11.6 Å². The molecule has 1 saturated heterocycles. The smallest absolute Gasteiger partial charge is 0.228 e. The van der Waals surface area contributed by atoms with E-state index >= 15 is 0 Å². The molecule has 1 aliphatic heterocycles. The third-order valence-electron chi connectivity index (χ3n) is 4.83. The van der Waals surface area contributed by atoms with E-state index < -0.39 is 0 Å². The van der Waals surface area contributed by atoms with Crippen molar-refractivity contribution in [3.05, 3.63) is 52.8 Å². The van der Waals surface area contributed by atoms with Crippen LogP contribution < -0.4 is 5.32 Å². The van der Waals surface area contributed by atoms with E-state index in [2.05, 4.69) is 24.3 Å². The van der Waals surface area contributed by atoms with Crippen LogP contribution in [0.25, 0.3) is 0 Å². The highest BCUT2D eigenvalue weighted by molar-refractivity contribution is 6.30. The van der Waals surface area contributed by atoms with Gasteiger partial charge < -0.3 is 10.2 Å². The zero-order valence-corrected chi connectivity index (χ0v) is 15.7. The van der Waals surface area contributed by atoms with Gasteiger partial charge in [0.1, 0.15) is 0 Å². The molecule has 5 nitrogen and oxygen atoms in total. The highest BCUT2D eigenvalue weighted by Crippen LogP contribution is 2.30. The lowest BCUT2D eigenvalue weighted by Crippen LogP contribution is -2.42. The lowest BCUT2D eigenvalue weighted by atomic mass is 9.89. The number of halogens is 1. The number of benzene rings is 1. The minimum atomic E-state index is -0.0641. The average Bonchev–Trinajstić information content (AvgIpc) is 3.20. The number of hydrogen-bond acceptors (Lipinski definition) is 3. The summed E-state index contributed by atoms with van der Waals surface area (Å²) in [5.41, 5.74) is 2.18. The Bertz CT molecular complexity index is 743. The standard InChI is InChI=1S/C19H25ClN4O/c1-13(2)24(11-14-5-4-6-16(20)7-14)19(25)18-10-21-9-17(18)15-8-22-23(3)12-15/h4-8,12-13,17-18,21H,9-11H2,1-3H3/t17-,18+/m1/s1. The number of carbonyl (C=O) groups excluding carboxylic acids is 1. The molecule has 1 aliphatic rings. The SMILES string of the molecule is CC(C)N(Cc1cccc(Cl)c1)C(=O)[C@H]1CNC[C@@H]1c1cnn(C)c1. The van der Waals surface area contributed by atoms with Gasteiger partial charge in [-0.15, -0.1) is 0 Å². The number of rotatable bonds is 5. The van der Waals surface area contributed by atoms with Crippen molar-refractivity contribution in [3.8, 4) is 0 Å². The van der Waals surface area contributed by atoms with Crippen molar-refractivity contribution in [1.82, 2.24) is 20.0 Å². The molecule has 0 aliphatic carbocycles. The molecule has 0 saturated carbocycles. The van der Waals surface area contributed by atoms with Gasteiger partial charge in [-0.2, -0.15) is 5.10 Å². The molecule has 3 rings (SSSR count). The second-order valence-electron chi connectivity index (χ2n) is 7.01. The van der Waals surface area contributed by atoms with Crippen molar-refractivity contribution in [1.29, 1.82) is 0 Å². The summed E-state index contributed by atoms with van der Waals surface area (Å²) in [4.78, 5) is 15.2. The summed E-state index contributed by atoms with van der Waals surface area (Å²) in [7, 11) is 1.91. The first-order valence-corrected chi connectivity index (χ1v) is 9.07. The van der Waals surface area contributed by atoms with E-state index in [0.29, 0.717) is 18.1 Å². The normalized spacial score (nSPS) is 20.2. The van der Waals surface area contributed by atoms with E-state index in [1.165, 1.54) is 0 Å². The Morgan fingerprint density at radius 2 is 2.24 bits per heavy atom. The highest BCUT2D eigenvalue weighted by atomic mass is 35.5. The molecule has 2 atom stereocenters. The minimum Gasteiger partial charge on any atom is -0.336 e. The van der Waals surface area contributed by atoms with Crippen molar-refractivity contribution in [2.24, 2.45) is 13.0 Å². The second-order valence-corrected chi connectivity index (χ2v) is 7.44. The van der Waals surface area contributed by atoms with Gasteiger partial charge in [-0.3, -0.25) is 9.48 Å². The van der Waals surface area contributed by atoms with Gasteiger partial charge >= 0.3 is 0 Å². The summed E-state index contributed by atoms with van der Waals surface area (Å²) in [6.45, 7) is 6.21. The summed E-state index contributed by atoms with van der Waals surface area (Å²) >= 11 is 6.10. The van der Waals surface area contributed by atoms with Gasteiger partial charge in [0.15, 0.2) is 0 Å². The summed E-state index contributed by atoms with van der Waals surface area (Å²) < 4.78 is 1.79. The van der Waals surface area contributed by atoms with Gasteiger partial charge in [-0.05, 0) is 37.1 Å². The molecule has 25 heavy (non-hydrogen) atoms. The summed E-state index contributed by atoms with van der Waals surface area (Å²) in [6, 6.07) is 7.85. The predicted octanol–water partition coefficient (Wildman–Crippen LogP) is 2.81. The number of aryl methyl sites for hydroxylation is 1. The van der Waals surface area contributed by atoms with Gasteiger partial charge in [0, 0.05) is 49.9 Å². The lowest BCUT2D eigenvalue weighted by molar-refractivity contribution is -0.137. The molecule has 0 bridgehead atoms. The van der Waals surface area contributed by atoms with Crippen molar-refractivity contribution in [2.75, 3.05) is 13.1 Å². The van der Waals surface area contributed by atoms with Crippen LogP contribution in [0, 0.1) is 5.92 Å². The van der Waals surface area contributed by atoms with Gasteiger partial charge in [-0.25, -0.2) is 0 Å². The molecular weight excluding hydrogens is 336 g/mol. The van der Waals surface area contributed by atoms with E-state index in [-0.39, 0.29) is 23.8 Å². The number of nitrogens with zero attached hydrogens (tertiary/aromatic N) is 3.